The fraction of sp³-hybridized carbons (Fsp3) is 0.450. The molecule has 0 bridgehead atoms. The highest BCUT2D eigenvalue weighted by Gasteiger charge is 2.35. The van der Waals surface area contributed by atoms with E-state index in [1.165, 1.54) is 41.1 Å². The second-order valence-corrected chi connectivity index (χ2v) is 7.29. The quantitative estimate of drug-likeness (QED) is 0.812. The lowest BCUT2D eigenvalue weighted by Gasteiger charge is -2.16. The van der Waals surface area contributed by atoms with Gasteiger partial charge in [0.2, 0.25) is 11.8 Å². The maximum Gasteiger partial charge on any atom is 0.227 e. The highest BCUT2D eigenvalue weighted by atomic mass is 19.1. The van der Waals surface area contributed by atoms with Gasteiger partial charge in [-0.2, -0.15) is 5.10 Å². The number of benzene rings is 1. The number of amides is 2. The van der Waals surface area contributed by atoms with E-state index in [1.54, 1.807) is 12.1 Å². The second-order valence-electron chi connectivity index (χ2n) is 7.29. The van der Waals surface area contributed by atoms with Crippen molar-refractivity contribution in [2.75, 3.05) is 11.4 Å². The highest BCUT2D eigenvalue weighted by molar-refractivity contribution is 6.00. The molecule has 2 heterocycles. The molecule has 1 aromatic carbocycles. The molecule has 1 saturated heterocycles. The molecular weight excluding hydrogens is 347 g/mol. The third-order valence-corrected chi connectivity index (χ3v) is 5.44. The van der Waals surface area contributed by atoms with Crippen LogP contribution in [-0.4, -0.2) is 28.6 Å². The molecule has 2 amide bonds. The zero-order chi connectivity index (χ0) is 18.8. The van der Waals surface area contributed by atoms with Gasteiger partial charge >= 0.3 is 0 Å². The summed E-state index contributed by atoms with van der Waals surface area (Å²) in [6.07, 6.45) is 5.67. The van der Waals surface area contributed by atoms with E-state index in [0.717, 1.165) is 25.0 Å². The summed E-state index contributed by atoms with van der Waals surface area (Å²) < 4.78 is 13.4. The fourth-order valence-corrected chi connectivity index (χ4v) is 3.96. The Morgan fingerprint density at radius 3 is 3.00 bits per heavy atom. The molecule has 0 spiro atoms. The van der Waals surface area contributed by atoms with Gasteiger partial charge in [0.15, 0.2) is 0 Å². The van der Waals surface area contributed by atoms with Crippen molar-refractivity contribution < 1.29 is 14.0 Å². The van der Waals surface area contributed by atoms with Gasteiger partial charge in [-0.15, -0.1) is 0 Å². The topological polar surface area (TPSA) is 78.1 Å². The number of hydrogen-bond acceptors (Lipinski definition) is 3. The van der Waals surface area contributed by atoms with E-state index in [4.69, 9.17) is 0 Å². The first kappa shape index (κ1) is 17.7. The van der Waals surface area contributed by atoms with Crippen molar-refractivity contribution in [2.45, 2.75) is 45.1 Å². The van der Waals surface area contributed by atoms with Crippen molar-refractivity contribution in [1.82, 2.24) is 15.5 Å². The minimum absolute atomic E-state index is 0.140. The number of aromatic amines is 1. The molecule has 142 valence electrons. The molecule has 2 aromatic rings. The Balaban J connectivity index is 1.38. The molecular formula is C20H23FN4O2. The summed E-state index contributed by atoms with van der Waals surface area (Å²) in [4.78, 5) is 26.3. The molecule has 2 N–H and O–H groups in total. The number of halogens is 1. The first-order valence-corrected chi connectivity index (χ1v) is 9.50. The number of nitrogens with zero attached hydrogens (tertiary/aromatic N) is 2. The van der Waals surface area contributed by atoms with Gasteiger partial charge in [-0.1, -0.05) is 12.5 Å². The lowest BCUT2D eigenvalue weighted by Crippen LogP contribution is -2.33. The van der Waals surface area contributed by atoms with Crippen molar-refractivity contribution in [1.29, 1.82) is 0 Å². The first-order chi connectivity index (χ1) is 13.1. The van der Waals surface area contributed by atoms with Crippen LogP contribution >= 0.6 is 0 Å². The zero-order valence-electron chi connectivity index (χ0n) is 15.1. The van der Waals surface area contributed by atoms with Crippen LogP contribution in [0.15, 0.2) is 24.3 Å². The summed E-state index contributed by atoms with van der Waals surface area (Å²) >= 11 is 0. The van der Waals surface area contributed by atoms with Crippen LogP contribution in [0.1, 0.15) is 42.6 Å². The standard InChI is InChI=1S/C20H23FN4O2/c21-14-5-4-6-15(10-14)25-12-13(9-19(25)26)20(27)22-11-18-16-7-2-1-3-8-17(16)23-24-18/h4-6,10,13H,1-3,7-9,11-12H2,(H,22,27)(H,23,24)/t13-/m1/s1. The smallest absolute Gasteiger partial charge is 0.227 e. The molecule has 1 aliphatic heterocycles. The summed E-state index contributed by atoms with van der Waals surface area (Å²) in [6.45, 7) is 0.641. The Morgan fingerprint density at radius 2 is 2.15 bits per heavy atom. The molecule has 1 aromatic heterocycles. The lowest BCUT2D eigenvalue weighted by molar-refractivity contribution is -0.126. The normalized spacial score (nSPS) is 19.7. The van der Waals surface area contributed by atoms with Crippen LogP contribution in [0, 0.1) is 11.7 Å². The van der Waals surface area contributed by atoms with E-state index >= 15 is 0 Å². The van der Waals surface area contributed by atoms with Crippen LogP contribution in [0.4, 0.5) is 10.1 Å². The number of carbonyl (C=O) groups is 2. The van der Waals surface area contributed by atoms with Crippen LogP contribution in [0.5, 0.6) is 0 Å². The van der Waals surface area contributed by atoms with Crippen LogP contribution in [0.2, 0.25) is 0 Å². The molecule has 1 fully saturated rings. The van der Waals surface area contributed by atoms with Gasteiger partial charge in [0.05, 0.1) is 18.2 Å². The minimum atomic E-state index is -0.432. The number of aromatic nitrogens is 2. The Bertz CT molecular complexity index is 863. The van der Waals surface area contributed by atoms with Gasteiger partial charge in [-0.3, -0.25) is 14.7 Å². The molecule has 0 radical (unpaired) electrons. The van der Waals surface area contributed by atoms with Crippen LogP contribution in [-0.2, 0) is 29.0 Å². The summed E-state index contributed by atoms with van der Waals surface area (Å²) in [5.41, 5.74) is 3.81. The molecule has 7 heteroatoms. The van der Waals surface area contributed by atoms with Crippen molar-refractivity contribution in [3.05, 3.63) is 47.0 Å². The van der Waals surface area contributed by atoms with E-state index in [0.29, 0.717) is 12.2 Å². The predicted molar refractivity (Wildman–Crippen MR) is 98.6 cm³/mol. The summed E-state index contributed by atoms with van der Waals surface area (Å²) in [6, 6.07) is 5.90. The maximum atomic E-state index is 13.4. The third-order valence-electron chi connectivity index (χ3n) is 5.44. The van der Waals surface area contributed by atoms with Gasteiger partial charge < -0.3 is 10.2 Å². The minimum Gasteiger partial charge on any atom is -0.350 e. The van der Waals surface area contributed by atoms with Gasteiger partial charge in [-0.05, 0) is 49.4 Å². The lowest BCUT2D eigenvalue weighted by atomic mass is 10.1. The van der Waals surface area contributed by atoms with E-state index in [9.17, 15) is 14.0 Å². The van der Waals surface area contributed by atoms with Gasteiger partial charge in [0.25, 0.3) is 0 Å². The average molecular weight is 370 g/mol. The number of carbonyl (C=O) groups excluding carboxylic acids is 2. The molecule has 0 unspecified atom stereocenters. The van der Waals surface area contributed by atoms with Gasteiger partial charge in [0.1, 0.15) is 5.82 Å². The van der Waals surface area contributed by atoms with Gasteiger partial charge in [0, 0.05) is 24.3 Å². The largest absolute Gasteiger partial charge is 0.350 e. The Hall–Kier alpha value is -2.70. The number of H-pyrrole nitrogens is 1. The van der Waals surface area contributed by atoms with Crippen LogP contribution in [0.3, 0.4) is 0 Å². The monoisotopic (exact) mass is 370 g/mol. The molecule has 2 aliphatic rings. The number of nitrogens with one attached hydrogen (secondary N) is 2. The Morgan fingerprint density at radius 1 is 1.30 bits per heavy atom. The van der Waals surface area contributed by atoms with Crippen molar-refractivity contribution in [2.24, 2.45) is 5.92 Å². The molecule has 0 saturated carbocycles. The molecule has 27 heavy (non-hydrogen) atoms. The first-order valence-electron chi connectivity index (χ1n) is 9.50. The molecule has 4 rings (SSSR count). The Labute approximate surface area is 157 Å². The van der Waals surface area contributed by atoms with E-state index in [-0.39, 0.29) is 24.8 Å². The summed E-state index contributed by atoms with van der Waals surface area (Å²) in [7, 11) is 0. The van der Waals surface area contributed by atoms with Gasteiger partial charge in [-0.25, -0.2) is 4.39 Å². The highest BCUT2D eigenvalue weighted by Crippen LogP contribution is 2.26. The van der Waals surface area contributed by atoms with E-state index in [1.807, 2.05) is 0 Å². The number of hydrogen-bond donors (Lipinski definition) is 2. The number of fused-ring (bicyclic) bond motifs is 1. The summed E-state index contributed by atoms with van der Waals surface area (Å²) in [5.74, 6) is -1.15. The second kappa shape index (κ2) is 7.50. The van der Waals surface area contributed by atoms with E-state index < -0.39 is 11.7 Å². The Kier molecular flexibility index (Phi) is 4.92. The van der Waals surface area contributed by atoms with Crippen molar-refractivity contribution in [3.8, 4) is 0 Å². The third kappa shape index (κ3) is 3.72. The number of anilines is 1. The van der Waals surface area contributed by atoms with Crippen LogP contribution < -0.4 is 10.2 Å². The van der Waals surface area contributed by atoms with E-state index in [2.05, 4.69) is 15.5 Å². The maximum absolute atomic E-state index is 13.4. The van der Waals surface area contributed by atoms with Crippen molar-refractivity contribution in [3.63, 3.8) is 0 Å². The molecule has 1 aliphatic carbocycles. The predicted octanol–water partition coefficient (Wildman–Crippen LogP) is 2.49. The zero-order valence-corrected chi connectivity index (χ0v) is 15.1. The average Bonchev–Trinajstić information content (AvgIpc) is 3.15. The van der Waals surface area contributed by atoms with Crippen LogP contribution in [0.25, 0.3) is 0 Å². The molecule has 1 atom stereocenters. The summed E-state index contributed by atoms with van der Waals surface area (Å²) in [5, 5.41) is 10.4. The number of rotatable bonds is 4. The molecule has 6 nitrogen and oxygen atoms in total. The number of aryl methyl sites for hydroxylation is 1. The fourth-order valence-electron chi connectivity index (χ4n) is 3.96. The SMILES string of the molecule is O=C(NCc1n[nH]c2c1CCCCC2)[C@@H]1CC(=O)N(c2cccc(F)c2)C1. The van der Waals surface area contributed by atoms with Crippen molar-refractivity contribution >= 4 is 17.5 Å².